The Labute approximate surface area is 173 Å². The molecule has 3 aromatic rings. The van der Waals surface area contributed by atoms with Gasteiger partial charge in [0.05, 0.1) is 17.8 Å². The number of aliphatic carboxylic acids is 1. The largest absolute Gasteiger partial charge is 0.481 e. The number of nitrogens with zero attached hydrogens (tertiary/aromatic N) is 3. The molecule has 0 radical (unpaired) electrons. The Morgan fingerprint density at radius 1 is 1.10 bits per heavy atom. The highest BCUT2D eigenvalue weighted by Gasteiger charge is 2.36. The summed E-state index contributed by atoms with van der Waals surface area (Å²) in [4.78, 5) is 27.1. The van der Waals surface area contributed by atoms with Crippen LogP contribution in [0.15, 0.2) is 40.9 Å². The van der Waals surface area contributed by atoms with E-state index in [1.807, 2.05) is 0 Å². The van der Waals surface area contributed by atoms with Crippen LogP contribution in [0.1, 0.15) is 23.5 Å². The number of hydrogen-bond acceptors (Lipinski definition) is 8. The van der Waals surface area contributed by atoms with Crippen molar-refractivity contribution in [1.29, 1.82) is 0 Å². The molecule has 10 nitrogen and oxygen atoms in total. The summed E-state index contributed by atoms with van der Waals surface area (Å²) in [5, 5.41) is 21.2. The average Bonchev–Trinajstić information content (AvgIpc) is 3.17. The van der Waals surface area contributed by atoms with E-state index >= 15 is 0 Å². The van der Waals surface area contributed by atoms with E-state index in [1.165, 1.54) is 18.3 Å². The summed E-state index contributed by atoms with van der Waals surface area (Å²) in [5.74, 6) is -4.04. The first kappa shape index (κ1) is 20.2. The maximum Gasteiger partial charge on any atom is 0.320 e. The molecule has 160 valence electrons. The van der Waals surface area contributed by atoms with Gasteiger partial charge >= 0.3 is 23.8 Å². The van der Waals surface area contributed by atoms with Crippen molar-refractivity contribution in [2.75, 3.05) is 10.6 Å². The SMILES string of the molecule is O=C(Nc1ccc(O[C@H]2C[C@@H](C(=O)O)C2)nc1)c1nnc(Nc2ccc(F)c(F)c2)o1. The van der Waals surface area contributed by atoms with Crippen molar-refractivity contribution >= 4 is 29.3 Å². The molecule has 12 heteroatoms. The number of benzene rings is 1. The average molecular weight is 431 g/mol. The molecule has 0 unspecified atom stereocenters. The third-order valence-electron chi connectivity index (χ3n) is 4.52. The summed E-state index contributed by atoms with van der Waals surface area (Å²) < 4.78 is 36.9. The zero-order valence-corrected chi connectivity index (χ0v) is 15.7. The second-order valence-electron chi connectivity index (χ2n) is 6.75. The lowest BCUT2D eigenvalue weighted by Gasteiger charge is -2.31. The van der Waals surface area contributed by atoms with Crippen LogP contribution < -0.4 is 15.4 Å². The highest BCUT2D eigenvalue weighted by molar-refractivity contribution is 6.00. The van der Waals surface area contributed by atoms with Gasteiger partial charge in [0.1, 0.15) is 6.10 Å². The van der Waals surface area contributed by atoms with E-state index in [-0.39, 0.29) is 29.6 Å². The van der Waals surface area contributed by atoms with Gasteiger partial charge in [-0.3, -0.25) is 9.59 Å². The third kappa shape index (κ3) is 4.74. The van der Waals surface area contributed by atoms with E-state index in [2.05, 4.69) is 25.8 Å². The van der Waals surface area contributed by atoms with E-state index in [0.717, 1.165) is 12.1 Å². The van der Waals surface area contributed by atoms with Gasteiger partial charge < -0.3 is 24.9 Å². The first-order chi connectivity index (χ1) is 14.9. The Bertz CT molecular complexity index is 1120. The van der Waals surface area contributed by atoms with Gasteiger partial charge in [-0.2, -0.15) is 0 Å². The smallest absolute Gasteiger partial charge is 0.320 e. The Hall–Kier alpha value is -4.09. The number of nitrogens with one attached hydrogen (secondary N) is 2. The molecule has 0 atom stereocenters. The van der Waals surface area contributed by atoms with E-state index in [4.69, 9.17) is 14.3 Å². The Kier molecular flexibility index (Phi) is 5.43. The molecule has 1 amide bonds. The van der Waals surface area contributed by atoms with Crippen LogP contribution in [0.3, 0.4) is 0 Å². The number of carbonyl (C=O) groups excluding carboxylic acids is 1. The molecular weight excluding hydrogens is 416 g/mol. The van der Waals surface area contributed by atoms with Gasteiger partial charge in [0.2, 0.25) is 5.88 Å². The summed E-state index contributed by atoms with van der Waals surface area (Å²) in [6.07, 6.45) is 2.01. The van der Waals surface area contributed by atoms with Gasteiger partial charge in [-0.15, -0.1) is 5.10 Å². The maximum atomic E-state index is 13.2. The molecular formula is C19H15F2N5O5. The fourth-order valence-corrected chi connectivity index (χ4v) is 2.81. The summed E-state index contributed by atoms with van der Waals surface area (Å²) in [6.45, 7) is 0. The summed E-state index contributed by atoms with van der Waals surface area (Å²) >= 11 is 0. The molecule has 2 aromatic heterocycles. The molecule has 4 rings (SSSR count). The molecule has 1 aliphatic carbocycles. The molecule has 0 spiro atoms. The van der Waals surface area contributed by atoms with Crippen LogP contribution in [0, 0.1) is 17.6 Å². The normalized spacial score (nSPS) is 17.5. The van der Waals surface area contributed by atoms with Crippen LogP contribution in [-0.4, -0.2) is 38.3 Å². The van der Waals surface area contributed by atoms with Crippen LogP contribution in [0.25, 0.3) is 0 Å². The number of amides is 1. The Morgan fingerprint density at radius 3 is 2.55 bits per heavy atom. The van der Waals surface area contributed by atoms with E-state index in [0.29, 0.717) is 24.4 Å². The van der Waals surface area contributed by atoms with Gasteiger partial charge in [-0.1, -0.05) is 5.10 Å². The quantitative estimate of drug-likeness (QED) is 0.515. The van der Waals surface area contributed by atoms with Crippen LogP contribution >= 0.6 is 0 Å². The van der Waals surface area contributed by atoms with Crippen molar-refractivity contribution in [2.45, 2.75) is 18.9 Å². The summed E-state index contributed by atoms with van der Waals surface area (Å²) in [7, 11) is 0. The number of pyridine rings is 1. The number of carboxylic acids is 1. The minimum absolute atomic E-state index is 0.162. The second kappa shape index (κ2) is 8.34. The molecule has 1 saturated carbocycles. The van der Waals surface area contributed by atoms with Gasteiger partial charge in [0, 0.05) is 17.8 Å². The zero-order valence-electron chi connectivity index (χ0n) is 15.7. The van der Waals surface area contributed by atoms with E-state index in [9.17, 15) is 18.4 Å². The molecule has 0 aliphatic heterocycles. The minimum Gasteiger partial charge on any atom is -0.481 e. The van der Waals surface area contributed by atoms with Gasteiger partial charge in [-0.05, 0) is 31.0 Å². The zero-order chi connectivity index (χ0) is 22.0. The summed E-state index contributed by atoms with van der Waals surface area (Å²) in [5.41, 5.74) is 0.498. The predicted octanol–water partition coefficient (Wildman–Crippen LogP) is 2.98. The number of rotatable bonds is 7. The number of carboxylic acid groups (broad SMARTS) is 1. The maximum absolute atomic E-state index is 13.2. The lowest BCUT2D eigenvalue weighted by atomic mass is 9.82. The standard InChI is InChI=1S/C19H15F2N5O5/c20-13-3-1-10(7-14(13)21)24-19-26-25-17(31-19)16(27)23-11-2-4-15(22-8-11)30-12-5-9(6-12)18(28)29/h1-4,7-9,12H,5-6H2,(H,23,27)(H,24,26)(H,28,29)/t9-,12+. The lowest BCUT2D eigenvalue weighted by Crippen LogP contribution is -2.38. The molecule has 3 N–H and O–H groups in total. The fraction of sp³-hybridized carbons (Fsp3) is 0.211. The lowest BCUT2D eigenvalue weighted by molar-refractivity contribution is -0.148. The molecule has 0 bridgehead atoms. The predicted molar refractivity (Wildman–Crippen MR) is 101 cm³/mol. The first-order valence-electron chi connectivity index (χ1n) is 9.10. The van der Waals surface area contributed by atoms with Crippen molar-refractivity contribution in [2.24, 2.45) is 5.92 Å². The van der Waals surface area contributed by atoms with Crippen LogP contribution in [0.4, 0.5) is 26.2 Å². The molecule has 31 heavy (non-hydrogen) atoms. The van der Waals surface area contributed by atoms with Crippen molar-refractivity contribution in [3.05, 3.63) is 54.1 Å². The number of anilines is 3. The molecule has 1 aromatic carbocycles. The highest BCUT2D eigenvalue weighted by atomic mass is 19.2. The number of hydrogen-bond donors (Lipinski definition) is 3. The molecule has 0 saturated heterocycles. The van der Waals surface area contributed by atoms with Crippen molar-refractivity contribution < 1.29 is 32.6 Å². The summed E-state index contributed by atoms with van der Waals surface area (Å²) in [6, 6.07) is 6.00. The van der Waals surface area contributed by atoms with Crippen molar-refractivity contribution in [3.8, 4) is 5.88 Å². The third-order valence-corrected chi connectivity index (χ3v) is 4.52. The monoisotopic (exact) mass is 431 g/mol. The second-order valence-corrected chi connectivity index (χ2v) is 6.75. The molecule has 1 fully saturated rings. The van der Waals surface area contributed by atoms with Crippen molar-refractivity contribution in [3.63, 3.8) is 0 Å². The van der Waals surface area contributed by atoms with E-state index < -0.39 is 23.5 Å². The van der Waals surface area contributed by atoms with Gasteiger partial charge in [0.15, 0.2) is 11.6 Å². The highest BCUT2D eigenvalue weighted by Crippen LogP contribution is 2.31. The fourth-order valence-electron chi connectivity index (χ4n) is 2.81. The topological polar surface area (TPSA) is 139 Å². The minimum atomic E-state index is -1.05. The Balaban J connectivity index is 1.31. The number of ether oxygens (including phenoxy) is 1. The molecule has 2 heterocycles. The Morgan fingerprint density at radius 2 is 1.87 bits per heavy atom. The number of aromatic nitrogens is 3. The van der Waals surface area contributed by atoms with Crippen LogP contribution in [-0.2, 0) is 4.79 Å². The first-order valence-corrected chi connectivity index (χ1v) is 9.10. The number of carbonyl (C=O) groups is 2. The number of halogens is 2. The molecule has 1 aliphatic rings. The van der Waals surface area contributed by atoms with Gasteiger partial charge in [-0.25, -0.2) is 13.8 Å². The van der Waals surface area contributed by atoms with Crippen LogP contribution in [0.5, 0.6) is 5.88 Å². The van der Waals surface area contributed by atoms with Gasteiger partial charge in [0.25, 0.3) is 0 Å². The van der Waals surface area contributed by atoms with E-state index in [1.54, 1.807) is 6.07 Å². The van der Waals surface area contributed by atoms with Crippen LogP contribution in [0.2, 0.25) is 0 Å². The van der Waals surface area contributed by atoms with Crippen molar-refractivity contribution in [1.82, 2.24) is 15.2 Å².